The summed E-state index contributed by atoms with van der Waals surface area (Å²) in [4.78, 5) is 16.4. The van der Waals surface area contributed by atoms with Gasteiger partial charge in [0.2, 0.25) is 11.1 Å². The van der Waals surface area contributed by atoms with Crippen LogP contribution in [-0.2, 0) is 11.2 Å². The van der Waals surface area contributed by atoms with E-state index in [1.807, 2.05) is 24.3 Å². The maximum absolute atomic E-state index is 13.1. The van der Waals surface area contributed by atoms with Crippen molar-refractivity contribution in [3.05, 3.63) is 58.9 Å². The van der Waals surface area contributed by atoms with Crippen molar-refractivity contribution in [1.29, 1.82) is 0 Å². The SMILES string of the molecule is CCc1ccc(-c2nc(SCC(=O)Nc3ccc(F)c(Cl)c3)n[nH]2)cc1. The van der Waals surface area contributed by atoms with Crippen molar-refractivity contribution >= 4 is 35.0 Å². The molecule has 0 bridgehead atoms. The van der Waals surface area contributed by atoms with Crippen molar-refractivity contribution in [3.63, 3.8) is 0 Å². The number of nitrogens with one attached hydrogen (secondary N) is 2. The first-order valence-corrected chi connectivity index (χ1v) is 9.31. The lowest BCUT2D eigenvalue weighted by molar-refractivity contribution is -0.113. The van der Waals surface area contributed by atoms with E-state index in [0.717, 1.165) is 12.0 Å². The summed E-state index contributed by atoms with van der Waals surface area (Å²) >= 11 is 6.90. The van der Waals surface area contributed by atoms with Crippen LogP contribution in [0.4, 0.5) is 10.1 Å². The van der Waals surface area contributed by atoms with Crippen LogP contribution in [0.25, 0.3) is 11.4 Å². The predicted molar refractivity (Wildman–Crippen MR) is 102 cm³/mol. The number of benzene rings is 2. The average Bonchev–Trinajstić information content (AvgIpc) is 3.12. The average molecular weight is 391 g/mol. The van der Waals surface area contributed by atoms with E-state index in [-0.39, 0.29) is 16.7 Å². The number of H-pyrrole nitrogens is 1. The van der Waals surface area contributed by atoms with E-state index >= 15 is 0 Å². The minimum Gasteiger partial charge on any atom is -0.325 e. The van der Waals surface area contributed by atoms with Crippen molar-refractivity contribution in [1.82, 2.24) is 15.2 Å². The van der Waals surface area contributed by atoms with Gasteiger partial charge >= 0.3 is 0 Å². The zero-order valence-corrected chi connectivity index (χ0v) is 15.5. The second kappa shape index (κ2) is 8.33. The normalized spacial score (nSPS) is 10.7. The summed E-state index contributed by atoms with van der Waals surface area (Å²) < 4.78 is 13.1. The lowest BCUT2D eigenvalue weighted by Gasteiger charge is -2.04. The first-order chi connectivity index (χ1) is 12.5. The number of anilines is 1. The summed E-state index contributed by atoms with van der Waals surface area (Å²) in [5.41, 5.74) is 2.63. The summed E-state index contributed by atoms with van der Waals surface area (Å²) in [5, 5.41) is 10.1. The number of nitrogens with zero attached hydrogens (tertiary/aromatic N) is 2. The lowest BCUT2D eigenvalue weighted by Crippen LogP contribution is -2.14. The Balaban J connectivity index is 1.56. The summed E-state index contributed by atoms with van der Waals surface area (Å²) in [5.74, 6) is -0.00222. The van der Waals surface area contributed by atoms with Crippen LogP contribution in [0.3, 0.4) is 0 Å². The smallest absolute Gasteiger partial charge is 0.234 e. The molecule has 26 heavy (non-hydrogen) atoms. The minimum atomic E-state index is -0.528. The largest absolute Gasteiger partial charge is 0.325 e. The van der Waals surface area contributed by atoms with E-state index < -0.39 is 5.82 Å². The number of hydrogen-bond donors (Lipinski definition) is 2. The van der Waals surface area contributed by atoms with E-state index in [9.17, 15) is 9.18 Å². The predicted octanol–water partition coefficient (Wildman–Crippen LogP) is 4.56. The van der Waals surface area contributed by atoms with E-state index in [1.54, 1.807) is 0 Å². The molecule has 8 heteroatoms. The molecule has 0 fully saturated rings. The summed E-state index contributed by atoms with van der Waals surface area (Å²) in [6.45, 7) is 2.10. The van der Waals surface area contributed by atoms with Crippen molar-refractivity contribution in [2.24, 2.45) is 0 Å². The second-order valence-corrected chi connectivity index (χ2v) is 6.83. The molecule has 0 radical (unpaired) electrons. The molecule has 1 heterocycles. The number of amides is 1. The van der Waals surface area contributed by atoms with Gasteiger partial charge < -0.3 is 5.32 Å². The number of rotatable bonds is 6. The monoisotopic (exact) mass is 390 g/mol. The van der Waals surface area contributed by atoms with Gasteiger partial charge in [0.05, 0.1) is 10.8 Å². The number of carbonyl (C=O) groups is 1. The van der Waals surface area contributed by atoms with Gasteiger partial charge in [-0.05, 0) is 30.2 Å². The van der Waals surface area contributed by atoms with Crippen LogP contribution in [0.1, 0.15) is 12.5 Å². The Morgan fingerprint density at radius 2 is 2.04 bits per heavy atom. The van der Waals surface area contributed by atoms with Crippen LogP contribution in [0.15, 0.2) is 47.6 Å². The van der Waals surface area contributed by atoms with Gasteiger partial charge in [-0.3, -0.25) is 9.89 Å². The number of aromatic nitrogens is 3. The van der Waals surface area contributed by atoms with Crippen LogP contribution in [0.2, 0.25) is 5.02 Å². The third kappa shape index (κ3) is 4.62. The van der Waals surface area contributed by atoms with Crippen molar-refractivity contribution < 1.29 is 9.18 Å². The van der Waals surface area contributed by atoms with Gasteiger partial charge in [-0.2, -0.15) is 0 Å². The minimum absolute atomic E-state index is 0.0387. The Bertz CT molecular complexity index is 914. The fourth-order valence-electron chi connectivity index (χ4n) is 2.24. The molecule has 3 aromatic rings. The number of thioether (sulfide) groups is 1. The second-order valence-electron chi connectivity index (χ2n) is 5.48. The van der Waals surface area contributed by atoms with Gasteiger partial charge in [-0.25, -0.2) is 9.37 Å². The Morgan fingerprint density at radius 3 is 2.73 bits per heavy atom. The molecule has 5 nitrogen and oxygen atoms in total. The van der Waals surface area contributed by atoms with Gasteiger partial charge in [-0.15, -0.1) is 5.10 Å². The van der Waals surface area contributed by atoms with Crippen LogP contribution in [0.5, 0.6) is 0 Å². The van der Waals surface area contributed by atoms with Gasteiger partial charge in [-0.1, -0.05) is 54.6 Å². The molecule has 0 unspecified atom stereocenters. The Kier molecular flexibility index (Phi) is 5.90. The molecular weight excluding hydrogens is 375 g/mol. The van der Waals surface area contributed by atoms with Crippen LogP contribution in [0, 0.1) is 5.82 Å². The molecule has 1 aromatic heterocycles. The van der Waals surface area contributed by atoms with E-state index in [2.05, 4.69) is 27.4 Å². The fourth-order valence-corrected chi connectivity index (χ4v) is 3.02. The maximum Gasteiger partial charge on any atom is 0.234 e. The highest BCUT2D eigenvalue weighted by Gasteiger charge is 2.10. The van der Waals surface area contributed by atoms with Gasteiger partial charge in [0, 0.05) is 11.3 Å². The lowest BCUT2D eigenvalue weighted by atomic mass is 10.1. The number of aromatic amines is 1. The molecule has 0 saturated carbocycles. The third-order valence-electron chi connectivity index (χ3n) is 3.64. The molecule has 0 spiro atoms. The van der Waals surface area contributed by atoms with E-state index in [1.165, 1.54) is 35.5 Å². The van der Waals surface area contributed by atoms with Gasteiger partial charge in [0.15, 0.2) is 5.82 Å². The zero-order valence-electron chi connectivity index (χ0n) is 13.9. The molecular formula is C18H16ClFN4OS. The molecule has 2 N–H and O–H groups in total. The summed E-state index contributed by atoms with van der Waals surface area (Å²) in [6, 6.07) is 12.1. The highest BCUT2D eigenvalue weighted by Crippen LogP contribution is 2.22. The summed E-state index contributed by atoms with van der Waals surface area (Å²) in [7, 11) is 0. The molecule has 0 atom stereocenters. The molecule has 3 rings (SSSR count). The molecule has 0 aliphatic heterocycles. The topological polar surface area (TPSA) is 70.7 Å². The standard InChI is InChI=1S/C18H16ClFN4OS/c1-2-11-3-5-12(6-4-11)17-22-18(24-23-17)26-10-16(25)21-13-7-8-15(20)14(19)9-13/h3-9H,2,10H2,1H3,(H,21,25)(H,22,23,24). The Hall–Kier alpha value is -2.38. The van der Waals surface area contributed by atoms with E-state index in [0.29, 0.717) is 16.7 Å². The molecule has 0 saturated heterocycles. The molecule has 134 valence electrons. The van der Waals surface area contributed by atoms with Gasteiger partial charge in [0.1, 0.15) is 5.82 Å². The van der Waals surface area contributed by atoms with Crippen molar-refractivity contribution in [2.75, 3.05) is 11.1 Å². The van der Waals surface area contributed by atoms with Crippen molar-refractivity contribution in [2.45, 2.75) is 18.5 Å². The number of hydrogen-bond acceptors (Lipinski definition) is 4. The highest BCUT2D eigenvalue weighted by molar-refractivity contribution is 7.99. The third-order valence-corrected chi connectivity index (χ3v) is 4.77. The van der Waals surface area contributed by atoms with E-state index in [4.69, 9.17) is 11.6 Å². The fraction of sp³-hybridized carbons (Fsp3) is 0.167. The number of aryl methyl sites for hydroxylation is 1. The summed E-state index contributed by atoms with van der Waals surface area (Å²) in [6.07, 6.45) is 0.978. The first-order valence-electron chi connectivity index (χ1n) is 7.94. The molecule has 0 aliphatic carbocycles. The highest BCUT2D eigenvalue weighted by atomic mass is 35.5. The molecule has 1 amide bonds. The zero-order chi connectivity index (χ0) is 18.5. The number of carbonyl (C=O) groups excluding carboxylic acids is 1. The Labute approximate surface area is 159 Å². The molecule has 0 aliphatic rings. The first kappa shape index (κ1) is 18.4. The van der Waals surface area contributed by atoms with Gasteiger partial charge in [0.25, 0.3) is 0 Å². The van der Waals surface area contributed by atoms with Crippen LogP contribution >= 0.6 is 23.4 Å². The quantitative estimate of drug-likeness (QED) is 0.605. The Morgan fingerprint density at radius 1 is 1.27 bits per heavy atom. The van der Waals surface area contributed by atoms with Crippen LogP contribution < -0.4 is 5.32 Å². The molecule has 2 aromatic carbocycles. The van der Waals surface area contributed by atoms with Crippen molar-refractivity contribution in [3.8, 4) is 11.4 Å². The number of halogens is 2. The van der Waals surface area contributed by atoms with Crippen LogP contribution in [-0.4, -0.2) is 26.8 Å². The maximum atomic E-state index is 13.1.